The maximum absolute atomic E-state index is 14.7. The van der Waals surface area contributed by atoms with E-state index in [2.05, 4.69) is 15.9 Å². The van der Waals surface area contributed by atoms with Crippen molar-refractivity contribution in [2.45, 2.75) is 26.4 Å². The summed E-state index contributed by atoms with van der Waals surface area (Å²) in [6.45, 7) is 3.23. The third-order valence-electron chi connectivity index (χ3n) is 3.42. The van der Waals surface area contributed by atoms with Crippen molar-refractivity contribution in [1.29, 1.82) is 0 Å². The summed E-state index contributed by atoms with van der Waals surface area (Å²) in [5.74, 6) is -3.14. The van der Waals surface area contributed by atoms with Crippen LogP contribution >= 0.6 is 15.9 Å². The Kier molecular flexibility index (Phi) is 4.25. The molecule has 0 amide bonds. The highest BCUT2D eigenvalue weighted by atomic mass is 79.9. The number of hydrogen-bond acceptors (Lipinski definition) is 1. The van der Waals surface area contributed by atoms with Crippen LogP contribution in [0.2, 0.25) is 0 Å². The van der Waals surface area contributed by atoms with Crippen molar-refractivity contribution in [1.82, 2.24) is 0 Å². The third-order valence-corrected chi connectivity index (χ3v) is 3.91. The van der Waals surface area contributed by atoms with Crippen molar-refractivity contribution >= 4 is 15.9 Å². The molecule has 0 fully saturated rings. The highest BCUT2D eigenvalue weighted by Crippen LogP contribution is 2.39. The molecule has 0 unspecified atom stereocenters. The van der Waals surface area contributed by atoms with Crippen LogP contribution in [0, 0.1) is 13.8 Å². The van der Waals surface area contributed by atoms with Crippen LogP contribution < -0.4 is 0 Å². The van der Waals surface area contributed by atoms with E-state index in [0.29, 0.717) is 4.47 Å². The Morgan fingerprint density at radius 1 is 1.10 bits per heavy atom. The van der Waals surface area contributed by atoms with Gasteiger partial charge in [0.1, 0.15) is 0 Å². The van der Waals surface area contributed by atoms with Crippen molar-refractivity contribution in [2.75, 3.05) is 0 Å². The van der Waals surface area contributed by atoms with E-state index in [1.807, 2.05) is 6.92 Å². The summed E-state index contributed by atoms with van der Waals surface area (Å²) in [6, 6.07) is 9.15. The van der Waals surface area contributed by atoms with Gasteiger partial charge in [-0.1, -0.05) is 34.1 Å². The summed E-state index contributed by atoms with van der Waals surface area (Å²) in [5, 5.41) is 9.36. The molecule has 0 saturated carbocycles. The smallest absolute Gasteiger partial charge is 0.298 e. The summed E-state index contributed by atoms with van der Waals surface area (Å²) in [4.78, 5) is 0. The molecule has 0 saturated heterocycles. The number of benzene rings is 2. The fourth-order valence-corrected chi connectivity index (χ4v) is 2.54. The quantitative estimate of drug-likeness (QED) is 0.858. The molecule has 1 nitrogen and oxygen atoms in total. The number of aliphatic hydroxyl groups excluding tert-OH is 1. The molecule has 2 aromatic rings. The van der Waals surface area contributed by atoms with E-state index in [0.717, 1.165) is 11.1 Å². The number of aliphatic hydroxyl groups is 1. The van der Waals surface area contributed by atoms with Gasteiger partial charge in [-0.15, -0.1) is 0 Å². The van der Waals surface area contributed by atoms with Crippen molar-refractivity contribution in [3.8, 4) is 0 Å². The molecular weight excluding hydrogens is 326 g/mol. The second-order valence-electron chi connectivity index (χ2n) is 4.84. The zero-order valence-corrected chi connectivity index (χ0v) is 12.8. The van der Waals surface area contributed by atoms with Crippen LogP contribution in [0.1, 0.15) is 27.8 Å². The molecule has 0 radical (unpaired) electrons. The molecule has 2 rings (SSSR count). The topological polar surface area (TPSA) is 20.2 Å². The van der Waals surface area contributed by atoms with Gasteiger partial charge in [0.2, 0.25) is 0 Å². The van der Waals surface area contributed by atoms with E-state index in [1.165, 1.54) is 18.2 Å². The molecule has 0 aliphatic heterocycles. The number of alkyl halides is 2. The Morgan fingerprint density at radius 3 is 2.35 bits per heavy atom. The summed E-state index contributed by atoms with van der Waals surface area (Å²) >= 11 is 3.21. The highest BCUT2D eigenvalue weighted by molar-refractivity contribution is 9.10. The zero-order valence-electron chi connectivity index (χ0n) is 11.3. The first-order valence-electron chi connectivity index (χ1n) is 6.21. The van der Waals surface area contributed by atoms with Crippen molar-refractivity contribution in [3.05, 3.63) is 68.7 Å². The maximum Gasteiger partial charge on any atom is 0.298 e. The Hall–Kier alpha value is -1.26. The van der Waals surface area contributed by atoms with Gasteiger partial charge in [-0.05, 0) is 48.7 Å². The molecule has 2 aromatic carbocycles. The van der Waals surface area contributed by atoms with E-state index in [4.69, 9.17) is 0 Å². The SMILES string of the molecule is Cc1cc(CO)c(C(F)(F)c2cccc(Br)c2)cc1C. The van der Waals surface area contributed by atoms with E-state index in [9.17, 15) is 13.9 Å². The minimum Gasteiger partial charge on any atom is -0.392 e. The minimum atomic E-state index is -3.14. The van der Waals surface area contributed by atoms with Gasteiger partial charge in [0, 0.05) is 15.6 Å². The van der Waals surface area contributed by atoms with Crippen molar-refractivity contribution < 1.29 is 13.9 Å². The lowest BCUT2D eigenvalue weighted by molar-refractivity contribution is 0.0403. The van der Waals surface area contributed by atoms with E-state index in [-0.39, 0.29) is 16.7 Å². The van der Waals surface area contributed by atoms with Crippen molar-refractivity contribution in [3.63, 3.8) is 0 Å². The van der Waals surface area contributed by atoms with Crippen LogP contribution in [0.25, 0.3) is 0 Å². The highest BCUT2D eigenvalue weighted by Gasteiger charge is 2.36. The monoisotopic (exact) mass is 340 g/mol. The van der Waals surface area contributed by atoms with Gasteiger partial charge in [0.05, 0.1) is 6.61 Å². The molecule has 106 valence electrons. The number of aryl methyl sites for hydroxylation is 2. The molecule has 0 aromatic heterocycles. The van der Waals surface area contributed by atoms with Crippen LogP contribution in [-0.2, 0) is 12.5 Å². The van der Waals surface area contributed by atoms with Gasteiger partial charge in [-0.25, -0.2) is 0 Å². The van der Waals surface area contributed by atoms with Gasteiger partial charge in [-0.2, -0.15) is 8.78 Å². The van der Waals surface area contributed by atoms with Crippen LogP contribution in [0.15, 0.2) is 40.9 Å². The van der Waals surface area contributed by atoms with Gasteiger partial charge < -0.3 is 5.11 Å². The molecule has 0 spiro atoms. The molecule has 4 heteroatoms. The first-order valence-corrected chi connectivity index (χ1v) is 7.01. The standard InChI is InChI=1S/C16H15BrF2O/c1-10-6-12(9-20)15(7-11(10)2)16(18,19)13-4-3-5-14(17)8-13/h3-8,20H,9H2,1-2H3. The lowest BCUT2D eigenvalue weighted by atomic mass is 9.92. The fourth-order valence-electron chi connectivity index (χ4n) is 2.14. The first-order chi connectivity index (χ1) is 9.36. The second kappa shape index (κ2) is 5.62. The molecule has 0 atom stereocenters. The Morgan fingerprint density at radius 2 is 1.75 bits per heavy atom. The largest absolute Gasteiger partial charge is 0.392 e. The average molecular weight is 341 g/mol. The zero-order chi connectivity index (χ0) is 14.9. The van der Waals surface area contributed by atoms with E-state index >= 15 is 0 Å². The van der Waals surface area contributed by atoms with Gasteiger partial charge in [0.25, 0.3) is 5.92 Å². The summed E-state index contributed by atoms with van der Waals surface area (Å²) in [6.07, 6.45) is 0. The average Bonchev–Trinajstić information content (AvgIpc) is 2.41. The van der Waals surface area contributed by atoms with Gasteiger partial charge >= 0.3 is 0 Å². The van der Waals surface area contributed by atoms with Crippen LogP contribution in [-0.4, -0.2) is 5.11 Å². The lowest BCUT2D eigenvalue weighted by Gasteiger charge is -2.21. The Bertz CT molecular complexity index is 638. The predicted octanol–water partition coefficient (Wildman–Crippen LogP) is 4.70. The van der Waals surface area contributed by atoms with Crippen molar-refractivity contribution in [2.24, 2.45) is 0 Å². The molecule has 20 heavy (non-hydrogen) atoms. The van der Waals surface area contributed by atoms with E-state index < -0.39 is 12.5 Å². The van der Waals surface area contributed by atoms with Crippen LogP contribution in [0.3, 0.4) is 0 Å². The van der Waals surface area contributed by atoms with E-state index in [1.54, 1.807) is 25.1 Å². The molecule has 0 bridgehead atoms. The summed E-state index contributed by atoms with van der Waals surface area (Å²) in [7, 11) is 0. The molecule has 0 aliphatic carbocycles. The number of halogens is 3. The Balaban J connectivity index is 2.62. The van der Waals surface area contributed by atoms with Crippen LogP contribution in [0.5, 0.6) is 0 Å². The molecule has 1 N–H and O–H groups in total. The first kappa shape index (κ1) is 15.1. The van der Waals surface area contributed by atoms with Gasteiger partial charge in [0.15, 0.2) is 0 Å². The lowest BCUT2D eigenvalue weighted by Crippen LogP contribution is -2.18. The maximum atomic E-state index is 14.7. The van der Waals surface area contributed by atoms with Gasteiger partial charge in [-0.3, -0.25) is 0 Å². The van der Waals surface area contributed by atoms with Crippen LogP contribution in [0.4, 0.5) is 8.78 Å². The summed E-state index contributed by atoms with van der Waals surface area (Å²) < 4.78 is 30.0. The molecule has 0 aliphatic rings. The fraction of sp³-hybridized carbons (Fsp3) is 0.250. The Labute approximate surface area is 125 Å². The normalized spacial score (nSPS) is 11.7. The second-order valence-corrected chi connectivity index (χ2v) is 5.75. The third kappa shape index (κ3) is 2.76. The summed E-state index contributed by atoms with van der Waals surface area (Å²) in [5.41, 5.74) is 1.71. The molecular formula is C16H15BrF2O. The number of hydrogen-bond donors (Lipinski definition) is 1. The molecule has 0 heterocycles. The minimum absolute atomic E-state index is 0.0928. The predicted molar refractivity (Wildman–Crippen MR) is 79.0 cm³/mol. The number of rotatable bonds is 3.